The number of amides is 1. The Kier molecular flexibility index (Phi) is 5.65. The summed E-state index contributed by atoms with van der Waals surface area (Å²) in [5.74, 6) is 1.64. The van der Waals surface area contributed by atoms with Gasteiger partial charge in [0, 0.05) is 38.6 Å². The van der Waals surface area contributed by atoms with E-state index in [1.165, 1.54) is 0 Å². The molecule has 0 atom stereocenters. The molecule has 29 heavy (non-hydrogen) atoms. The van der Waals surface area contributed by atoms with Crippen molar-refractivity contribution in [3.63, 3.8) is 0 Å². The molecule has 7 nitrogen and oxygen atoms in total. The molecule has 1 aliphatic heterocycles. The first-order chi connectivity index (χ1) is 14.2. The second kappa shape index (κ2) is 8.68. The number of carbonyl (C=O) groups excluding carboxylic acids is 1. The van der Waals surface area contributed by atoms with Gasteiger partial charge in [-0.05, 0) is 30.7 Å². The summed E-state index contributed by atoms with van der Waals surface area (Å²) in [5.41, 5.74) is 2.87. The molecule has 0 spiro atoms. The smallest absolute Gasteiger partial charge is 0.228 e. The molecule has 0 radical (unpaired) electrons. The molecule has 0 saturated carbocycles. The first-order valence-corrected chi connectivity index (χ1v) is 9.76. The Morgan fingerprint density at radius 3 is 2.41 bits per heavy atom. The highest BCUT2D eigenvalue weighted by atomic mass is 16.1. The molecule has 1 fully saturated rings. The molecule has 1 aliphatic rings. The number of anilines is 3. The van der Waals surface area contributed by atoms with E-state index in [0.717, 1.165) is 49.1 Å². The van der Waals surface area contributed by atoms with Gasteiger partial charge in [-0.15, -0.1) is 0 Å². The second-order valence-corrected chi connectivity index (χ2v) is 7.14. The molecule has 0 aliphatic carbocycles. The van der Waals surface area contributed by atoms with E-state index < -0.39 is 0 Å². The molecule has 7 heteroatoms. The molecule has 0 unspecified atom stereocenters. The van der Waals surface area contributed by atoms with E-state index in [2.05, 4.69) is 30.1 Å². The van der Waals surface area contributed by atoms with Crippen LogP contribution in [0.15, 0.2) is 61.1 Å². The zero-order valence-electron chi connectivity index (χ0n) is 16.5. The first-order valence-electron chi connectivity index (χ1n) is 9.76. The highest BCUT2D eigenvalue weighted by Gasteiger charge is 2.19. The maximum atomic E-state index is 12.3. The summed E-state index contributed by atoms with van der Waals surface area (Å²) in [6.45, 7) is 5.42. The van der Waals surface area contributed by atoms with Crippen LogP contribution >= 0.6 is 0 Å². The lowest BCUT2D eigenvalue weighted by molar-refractivity contribution is -0.115. The largest absolute Gasteiger partial charge is 0.353 e. The fraction of sp³-hybridized carbons (Fsp3) is 0.273. The number of hydrogen-bond acceptors (Lipinski definition) is 6. The summed E-state index contributed by atoms with van der Waals surface area (Å²) in [7, 11) is 0. The highest BCUT2D eigenvalue weighted by molar-refractivity contribution is 5.92. The van der Waals surface area contributed by atoms with Crippen LogP contribution in [0.3, 0.4) is 0 Å². The standard InChI is InChI=1S/C22H24N6O/c1-17-4-2-5-18(14-17)15-21(29)26-19-6-7-20(25-16-19)27-10-12-28(13-11-27)22-23-8-3-9-24-22/h2-9,14,16H,10-13,15H2,1H3,(H,26,29). The number of hydrogen-bond donors (Lipinski definition) is 1. The van der Waals surface area contributed by atoms with Crippen molar-refractivity contribution in [3.8, 4) is 0 Å². The van der Waals surface area contributed by atoms with Crippen molar-refractivity contribution in [3.05, 3.63) is 72.2 Å². The topological polar surface area (TPSA) is 74.2 Å². The lowest BCUT2D eigenvalue weighted by atomic mass is 10.1. The third-order valence-electron chi connectivity index (χ3n) is 4.92. The van der Waals surface area contributed by atoms with Crippen molar-refractivity contribution >= 4 is 23.4 Å². The van der Waals surface area contributed by atoms with Crippen molar-refractivity contribution < 1.29 is 4.79 Å². The number of nitrogens with one attached hydrogen (secondary N) is 1. The van der Waals surface area contributed by atoms with Crippen LogP contribution in [0.2, 0.25) is 0 Å². The molecular weight excluding hydrogens is 364 g/mol. The van der Waals surface area contributed by atoms with Crippen LogP contribution < -0.4 is 15.1 Å². The number of benzene rings is 1. The molecule has 4 rings (SSSR count). The molecule has 1 saturated heterocycles. The van der Waals surface area contributed by atoms with Crippen molar-refractivity contribution in [2.75, 3.05) is 41.3 Å². The molecule has 1 amide bonds. The van der Waals surface area contributed by atoms with E-state index in [9.17, 15) is 4.79 Å². The van der Waals surface area contributed by atoms with Gasteiger partial charge in [0.05, 0.1) is 18.3 Å². The van der Waals surface area contributed by atoms with Gasteiger partial charge in [0.1, 0.15) is 5.82 Å². The molecule has 1 N–H and O–H groups in total. The Balaban J connectivity index is 1.31. The van der Waals surface area contributed by atoms with Crippen LogP contribution in [0.5, 0.6) is 0 Å². The van der Waals surface area contributed by atoms with Gasteiger partial charge in [0.25, 0.3) is 0 Å². The van der Waals surface area contributed by atoms with Gasteiger partial charge in [-0.1, -0.05) is 29.8 Å². The van der Waals surface area contributed by atoms with Gasteiger partial charge in [-0.2, -0.15) is 0 Å². The van der Waals surface area contributed by atoms with Gasteiger partial charge in [-0.3, -0.25) is 4.79 Å². The van der Waals surface area contributed by atoms with Gasteiger partial charge < -0.3 is 15.1 Å². The first kappa shape index (κ1) is 18.9. The summed E-state index contributed by atoms with van der Waals surface area (Å²) in [4.78, 5) is 29.9. The summed E-state index contributed by atoms with van der Waals surface area (Å²) < 4.78 is 0. The number of nitrogens with zero attached hydrogens (tertiary/aromatic N) is 5. The van der Waals surface area contributed by atoms with E-state index in [-0.39, 0.29) is 5.91 Å². The Labute approximate surface area is 170 Å². The average molecular weight is 388 g/mol. The van der Waals surface area contributed by atoms with E-state index >= 15 is 0 Å². The quantitative estimate of drug-likeness (QED) is 0.724. The molecule has 3 aromatic rings. The van der Waals surface area contributed by atoms with Gasteiger partial charge >= 0.3 is 0 Å². The fourth-order valence-electron chi connectivity index (χ4n) is 3.45. The summed E-state index contributed by atoms with van der Waals surface area (Å²) in [6.07, 6.45) is 5.60. The normalized spacial score (nSPS) is 14.0. The predicted octanol–water partition coefficient (Wildman–Crippen LogP) is 2.69. The number of aromatic nitrogens is 3. The van der Waals surface area contributed by atoms with E-state index in [4.69, 9.17) is 0 Å². The minimum absolute atomic E-state index is 0.0402. The van der Waals surface area contributed by atoms with Gasteiger partial charge in [0.2, 0.25) is 11.9 Å². The number of carbonyl (C=O) groups is 1. The van der Waals surface area contributed by atoms with Gasteiger partial charge in [-0.25, -0.2) is 15.0 Å². The van der Waals surface area contributed by atoms with Crippen LogP contribution in [0.25, 0.3) is 0 Å². The predicted molar refractivity (Wildman–Crippen MR) is 114 cm³/mol. The van der Waals surface area contributed by atoms with Crippen molar-refractivity contribution in [1.29, 1.82) is 0 Å². The second-order valence-electron chi connectivity index (χ2n) is 7.14. The van der Waals surface area contributed by atoms with E-state index in [1.807, 2.05) is 49.4 Å². The summed E-state index contributed by atoms with van der Waals surface area (Å²) in [5, 5.41) is 2.92. The van der Waals surface area contributed by atoms with Crippen molar-refractivity contribution in [2.24, 2.45) is 0 Å². The maximum absolute atomic E-state index is 12.3. The van der Waals surface area contributed by atoms with Crippen LogP contribution in [0, 0.1) is 6.92 Å². The number of piperazine rings is 1. The fourth-order valence-corrected chi connectivity index (χ4v) is 3.45. The monoisotopic (exact) mass is 388 g/mol. The van der Waals surface area contributed by atoms with Crippen LogP contribution in [-0.4, -0.2) is 47.0 Å². The Hall–Kier alpha value is -3.48. The molecule has 0 bridgehead atoms. The van der Waals surface area contributed by atoms with Gasteiger partial charge in [0.15, 0.2) is 0 Å². The average Bonchev–Trinajstić information content (AvgIpc) is 2.75. The van der Waals surface area contributed by atoms with Crippen LogP contribution in [-0.2, 0) is 11.2 Å². The molecule has 3 heterocycles. The molecule has 148 valence electrons. The number of aryl methyl sites for hydroxylation is 1. The summed E-state index contributed by atoms with van der Waals surface area (Å²) >= 11 is 0. The lowest BCUT2D eigenvalue weighted by Crippen LogP contribution is -2.47. The van der Waals surface area contributed by atoms with E-state index in [0.29, 0.717) is 12.1 Å². The maximum Gasteiger partial charge on any atom is 0.228 e. The minimum atomic E-state index is -0.0402. The Bertz CT molecular complexity index is 953. The van der Waals surface area contributed by atoms with Crippen molar-refractivity contribution in [1.82, 2.24) is 15.0 Å². The molecule has 1 aromatic carbocycles. The third-order valence-corrected chi connectivity index (χ3v) is 4.92. The Morgan fingerprint density at radius 1 is 0.966 bits per heavy atom. The summed E-state index contributed by atoms with van der Waals surface area (Å²) in [6, 6.07) is 13.7. The lowest BCUT2D eigenvalue weighted by Gasteiger charge is -2.35. The third kappa shape index (κ3) is 4.87. The number of rotatable bonds is 5. The van der Waals surface area contributed by atoms with Crippen molar-refractivity contribution in [2.45, 2.75) is 13.3 Å². The highest BCUT2D eigenvalue weighted by Crippen LogP contribution is 2.18. The molecule has 2 aromatic heterocycles. The zero-order valence-corrected chi connectivity index (χ0v) is 16.5. The minimum Gasteiger partial charge on any atom is -0.353 e. The zero-order chi connectivity index (χ0) is 20.1. The van der Waals surface area contributed by atoms with Crippen LogP contribution in [0.1, 0.15) is 11.1 Å². The molecular formula is C22H24N6O. The van der Waals surface area contributed by atoms with Crippen LogP contribution in [0.4, 0.5) is 17.5 Å². The van der Waals surface area contributed by atoms with E-state index in [1.54, 1.807) is 18.6 Å². The Morgan fingerprint density at radius 2 is 1.72 bits per heavy atom. The number of pyridine rings is 1. The SMILES string of the molecule is Cc1cccc(CC(=O)Nc2ccc(N3CCN(c4ncccn4)CC3)nc2)c1.